The summed E-state index contributed by atoms with van der Waals surface area (Å²) in [6.45, 7) is 37.1. The molecular weight excluding hydrogens is 849 g/mol. The van der Waals surface area contributed by atoms with E-state index in [1.54, 1.807) is 25.7 Å². The third-order valence-electron chi connectivity index (χ3n) is 13.0. The van der Waals surface area contributed by atoms with Crippen molar-refractivity contribution in [3.8, 4) is 0 Å². The summed E-state index contributed by atoms with van der Waals surface area (Å²) in [6, 6.07) is 41.7. The summed E-state index contributed by atoms with van der Waals surface area (Å²) in [5.41, 5.74) is 6.90. The molecule has 2 atom stereocenters. The molecule has 8 aliphatic rings. The first kappa shape index (κ1) is 63.7. The molecule has 0 bridgehead atoms. The van der Waals surface area contributed by atoms with Crippen LogP contribution in [0.5, 0.6) is 0 Å². The monoisotopic (exact) mass is 953 g/mol. The predicted octanol–water partition coefficient (Wildman–Crippen LogP) is 18.3. The minimum Gasteiger partial charge on any atom is -0.370 e. The lowest BCUT2D eigenvalue weighted by Gasteiger charge is -2.16. The van der Waals surface area contributed by atoms with Crippen molar-refractivity contribution in [2.45, 2.75) is 222 Å². The number of epoxide rings is 5. The van der Waals surface area contributed by atoms with Crippen LogP contribution < -0.4 is 0 Å². The average molecular weight is 954 g/mol. The minimum absolute atomic E-state index is 0.0429. The summed E-state index contributed by atoms with van der Waals surface area (Å²) in [5.74, 6) is 0. The lowest BCUT2D eigenvalue weighted by atomic mass is 9.90. The second-order valence-electron chi connectivity index (χ2n) is 18.7. The van der Waals surface area contributed by atoms with Gasteiger partial charge in [0.05, 0.1) is 49.8 Å². The van der Waals surface area contributed by atoms with Crippen LogP contribution in [-0.2, 0) is 41.3 Å². The summed E-state index contributed by atoms with van der Waals surface area (Å²) in [5, 5.41) is 0. The highest BCUT2D eigenvalue weighted by Crippen LogP contribution is 2.57. The molecule has 0 aromatic heterocycles. The Hall–Kier alpha value is -3.32. The van der Waals surface area contributed by atoms with Gasteiger partial charge < -0.3 is 23.7 Å². The van der Waals surface area contributed by atoms with Gasteiger partial charge in [-0.25, -0.2) is 0 Å². The van der Waals surface area contributed by atoms with Crippen LogP contribution in [0.4, 0.5) is 0 Å². The van der Waals surface area contributed by atoms with E-state index in [9.17, 15) is 0 Å². The normalized spacial score (nSPS) is 22.8. The standard InChI is InChI=1S/C14H12O.C11H14O.C9H10O.C7H12O.C7H12.C4H8O.6C2H6/c1-3-7-12(8-4-1)14(11-15-14)13-9-5-2-6-10-13;1-11(9-12-11)8-7-10-5-3-2-4-6-10;1-9(7-10-9)8-5-3-2-4-6-8;1-2-4-7(5-3-1)6-8-7;1-2-4-7(3-1)5-6-7;1-4(2)3-5-4;6*1-2/h1-10H,11H2;2-6H,7-9H2,1H3;2-6H,7H2,1H3;1-6H2;1-6H2;3H2,1-2H3;6*1-2H3. The van der Waals surface area contributed by atoms with Crippen molar-refractivity contribution < 1.29 is 23.7 Å². The van der Waals surface area contributed by atoms with Gasteiger partial charge in [0.25, 0.3) is 0 Å². The molecule has 2 unspecified atom stereocenters. The SMILES string of the molecule is C1CCC2(C1)CC2.C1CCC2(CC1)CO2.CC.CC.CC.CC.CC.CC.CC1(C)CO1.CC1(CCc2ccccc2)CO1.CC1(c2ccccc2)CO1.c1ccc(C2(c3ccccc3)CO2)cc1. The second kappa shape index (κ2) is 34.1. The zero-order valence-electron chi connectivity index (χ0n) is 47.3. The smallest absolute Gasteiger partial charge is 0.142 e. The molecule has 390 valence electrons. The van der Waals surface area contributed by atoms with Gasteiger partial charge in [0, 0.05) is 0 Å². The van der Waals surface area contributed by atoms with Crippen molar-refractivity contribution in [2.75, 3.05) is 33.0 Å². The molecule has 4 aromatic rings. The van der Waals surface area contributed by atoms with Gasteiger partial charge in [0.1, 0.15) is 11.2 Å². The molecule has 5 heterocycles. The Bertz CT molecular complexity index is 1710. The van der Waals surface area contributed by atoms with Crippen LogP contribution in [0.3, 0.4) is 0 Å². The van der Waals surface area contributed by atoms with Crippen molar-refractivity contribution >= 4 is 0 Å². The lowest BCUT2D eigenvalue weighted by molar-refractivity contribution is 0.237. The molecule has 5 aliphatic heterocycles. The molecule has 5 saturated heterocycles. The first-order valence-corrected chi connectivity index (χ1v) is 28.0. The van der Waals surface area contributed by atoms with Gasteiger partial charge >= 0.3 is 0 Å². The Balaban J connectivity index is 0.000000405. The van der Waals surface area contributed by atoms with Crippen molar-refractivity contribution in [1.82, 2.24) is 0 Å². The predicted molar refractivity (Wildman–Crippen MR) is 299 cm³/mol. The van der Waals surface area contributed by atoms with Crippen molar-refractivity contribution in [1.29, 1.82) is 0 Å². The summed E-state index contributed by atoms with van der Waals surface area (Å²) in [4.78, 5) is 0. The van der Waals surface area contributed by atoms with Gasteiger partial charge in [0.2, 0.25) is 0 Å². The maximum atomic E-state index is 5.67. The van der Waals surface area contributed by atoms with E-state index in [0.29, 0.717) is 5.60 Å². The fourth-order valence-electron chi connectivity index (χ4n) is 7.91. The third kappa shape index (κ3) is 24.6. The molecule has 4 aromatic carbocycles. The first-order chi connectivity index (χ1) is 33.6. The molecule has 8 fully saturated rings. The first-order valence-electron chi connectivity index (χ1n) is 28.0. The minimum atomic E-state index is -0.164. The van der Waals surface area contributed by atoms with Crippen LogP contribution in [0.25, 0.3) is 0 Å². The quantitative estimate of drug-likeness (QED) is 0.180. The third-order valence-corrected chi connectivity index (χ3v) is 13.0. The molecule has 69 heavy (non-hydrogen) atoms. The molecule has 0 radical (unpaired) electrons. The number of hydrogen-bond donors (Lipinski definition) is 0. The summed E-state index contributed by atoms with van der Waals surface area (Å²) in [7, 11) is 0. The van der Waals surface area contributed by atoms with Gasteiger partial charge in [0.15, 0.2) is 0 Å². The number of ether oxygens (including phenoxy) is 5. The summed E-state index contributed by atoms with van der Waals surface area (Å²) in [6.07, 6.45) is 18.5. The maximum absolute atomic E-state index is 5.67. The van der Waals surface area contributed by atoms with E-state index in [-0.39, 0.29) is 22.4 Å². The zero-order chi connectivity index (χ0) is 51.7. The second-order valence-corrected chi connectivity index (χ2v) is 18.7. The van der Waals surface area contributed by atoms with Gasteiger partial charge in [-0.1, -0.05) is 237 Å². The lowest BCUT2D eigenvalue weighted by Crippen LogP contribution is -2.14. The largest absolute Gasteiger partial charge is 0.370 e. The van der Waals surface area contributed by atoms with E-state index in [4.69, 9.17) is 23.7 Å². The molecule has 5 heteroatoms. The van der Waals surface area contributed by atoms with Crippen molar-refractivity contribution in [3.63, 3.8) is 0 Å². The average Bonchev–Trinajstić information content (AvgIpc) is 4.14. The van der Waals surface area contributed by atoms with Crippen LogP contribution >= 0.6 is 0 Å². The van der Waals surface area contributed by atoms with Crippen molar-refractivity contribution in [2.24, 2.45) is 5.41 Å². The molecule has 3 saturated carbocycles. The number of aryl methyl sites for hydroxylation is 1. The Kier molecular flexibility index (Phi) is 31.5. The molecular formula is C64H104O5. The Morgan fingerprint density at radius 3 is 0.986 bits per heavy atom. The van der Waals surface area contributed by atoms with E-state index in [2.05, 4.69) is 119 Å². The highest BCUT2D eigenvalue weighted by atomic mass is 16.6. The van der Waals surface area contributed by atoms with E-state index < -0.39 is 0 Å². The van der Waals surface area contributed by atoms with E-state index in [1.807, 2.05) is 113 Å². The van der Waals surface area contributed by atoms with Crippen LogP contribution in [0.15, 0.2) is 121 Å². The Morgan fingerprint density at radius 1 is 0.362 bits per heavy atom. The van der Waals surface area contributed by atoms with E-state index in [0.717, 1.165) is 51.3 Å². The van der Waals surface area contributed by atoms with Gasteiger partial charge in [-0.05, 0) is 107 Å². The highest BCUT2D eigenvalue weighted by Gasteiger charge is 2.48. The molecule has 5 nitrogen and oxygen atoms in total. The van der Waals surface area contributed by atoms with Crippen LogP contribution in [0, 0.1) is 5.41 Å². The highest BCUT2D eigenvalue weighted by molar-refractivity contribution is 5.40. The summed E-state index contributed by atoms with van der Waals surface area (Å²) < 4.78 is 26.5. The van der Waals surface area contributed by atoms with Gasteiger partial charge in [-0.2, -0.15) is 0 Å². The topological polar surface area (TPSA) is 62.6 Å². The van der Waals surface area contributed by atoms with Crippen LogP contribution in [0.1, 0.15) is 210 Å². The number of hydrogen-bond acceptors (Lipinski definition) is 5. The maximum Gasteiger partial charge on any atom is 0.142 e. The van der Waals surface area contributed by atoms with E-state index >= 15 is 0 Å². The zero-order valence-corrected chi connectivity index (χ0v) is 47.3. The fourth-order valence-corrected chi connectivity index (χ4v) is 7.91. The Labute approximate surface area is 426 Å². The Morgan fingerprint density at radius 2 is 0.710 bits per heavy atom. The molecule has 0 N–H and O–H groups in total. The number of benzene rings is 4. The van der Waals surface area contributed by atoms with Crippen LogP contribution in [0.2, 0.25) is 0 Å². The van der Waals surface area contributed by atoms with Crippen molar-refractivity contribution in [3.05, 3.63) is 144 Å². The molecule has 3 aliphatic carbocycles. The van der Waals surface area contributed by atoms with Gasteiger partial charge in [-0.3, -0.25) is 0 Å². The number of rotatable bonds is 6. The fraction of sp³-hybridized carbons (Fsp3) is 0.625. The molecule has 2 spiro atoms. The molecule has 12 rings (SSSR count). The van der Waals surface area contributed by atoms with E-state index in [1.165, 1.54) is 67.2 Å². The van der Waals surface area contributed by atoms with Crippen LogP contribution in [-0.4, -0.2) is 49.8 Å². The summed E-state index contributed by atoms with van der Waals surface area (Å²) >= 11 is 0. The molecule has 0 amide bonds. The van der Waals surface area contributed by atoms with Gasteiger partial charge in [-0.15, -0.1) is 0 Å².